The number of nitrogens with one attached hydrogen (secondary N) is 1. The molecule has 0 fully saturated rings. The topological polar surface area (TPSA) is 58.6 Å². The fourth-order valence-electron chi connectivity index (χ4n) is 3.25. The minimum atomic E-state index is -2.68. The number of rotatable bonds is 7. The molecule has 2 N–H and O–H groups in total. The summed E-state index contributed by atoms with van der Waals surface area (Å²) in [5, 5.41) is 14.3. The Kier molecular flexibility index (Phi) is 6.16. The van der Waals surface area contributed by atoms with Crippen LogP contribution in [0.15, 0.2) is 60.7 Å². The number of likely N-dealkylation sites (N-methyl/N-ethyl adjacent to an activating group) is 1. The third-order valence-electron chi connectivity index (χ3n) is 4.53. The molecule has 0 saturated heterocycles. The van der Waals surface area contributed by atoms with Gasteiger partial charge in [0.2, 0.25) is 0 Å². The van der Waals surface area contributed by atoms with Gasteiger partial charge in [-0.15, -0.1) is 0 Å². The van der Waals surface area contributed by atoms with Crippen molar-refractivity contribution in [2.75, 3.05) is 13.7 Å². The Bertz CT molecular complexity index is 644. The predicted molar refractivity (Wildman–Crippen MR) is 104 cm³/mol. The number of hydrogen-bond acceptors (Lipinski definition) is 3. The molecule has 2 aromatic carbocycles. The normalized spacial score (nSPS) is 13.4. The highest BCUT2D eigenvalue weighted by atomic mass is 28.4. The van der Waals surface area contributed by atoms with E-state index in [-0.39, 0.29) is 11.6 Å². The van der Waals surface area contributed by atoms with E-state index < -0.39 is 20.3 Å². The quantitative estimate of drug-likeness (QED) is 0.746. The van der Waals surface area contributed by atoms with Crippen molar-refractivity contribution in [1.82, 2.24) is 5.32 Å². The molecule has 0 unspecified atom stereocenters. The molecule has 0 aliphatic carbocycles. The number of benzene rings is 2. The Hall–Kier alpha value is -1.95. The molecule has 2 aromatic rings. The fourth-order valence-corrected chi connectivity index (χ4v) is 7.82. The third-order valence-corrected chi connectivity index (χ3v) is 9.53. The molecular weight excluding hydrogens is 330 g/mol. The summed E-state index contributed by atoms with van der Waals surface area (Å²) in [6.07, 6.45) is 0. The van der Waals surface area contributed by atoms with Crippen LogP contribution < -0.4 is 15.7 Å². The second-order valence-electron chi connectivity index (χ2n) is 7.15. The molecule has 0 heterocycles. The number of carbonyl (C=O) groups is 1. The molecule has 0 amide bonds. The number of hydrogen-bond donors (Lipinski definition) is 2. The molecule has 0 radical (unpaired) electrons. The van der Waals surface area contributed by atoms with E-state index in [2.05, 4.69) is 50.4 Å². The monoisotopic (exact) mass is 357 g/mol. The van der Waals surface area contributed by atoms with E-state index in [1.165, 1.54) is 0 Å². The van der Waals surface area contributed by atoms with Gasteiger partial charge >= 0.3 is 5.97 Å². The molecule has 0 aromatic heterocycles. The summed E-state index contributed by atoms with van der Waals surface area (Å²) in [6.45, 7) is 6.65. The molecule has 1 atom stereocenters. The average Bonchev–Trinajstić information content (AvgIpc) is 2.59. The van der Waals surface area contributed by atoms with Crippen molar-refractivity contribution in [1.29, 1.82) is 0 Å². The lowest BCUT2D eigenvalue weighted by Gasteiger charge is -2.43. The van der Waals surface area contributed by atoms with E-state index in [0.29, 0.717) is 0 Å². The first-order chi connectivity index (χ1) is 11.8. The van der Waals surface area contributed by atoms with Crippen molar-refractivity contribution in [3.05, 3.63) is 60.7 Å². The summed E-state index contributed by atoms with van der Waals surface area (Å²) in [5.41, 5.74) is 0. The Morgan fingerprint density at radius 3 is 1.80 bits per heavy atom. The van der Waals surface area contributed by atoms with Crippen LogP contribution in [0.4, 0.5) is 0 Å². The van der Waals surface area contributed by atoms with E-state index in [9.17, 15) is 9.90 Å². The molecule has 0 bridgehead atoms. The Morgan fingerprint density at radius 2 is 1.48 bits per heavy atom. The Labute approximate surface area is 151 Å². The van der Waals surface area contributed by atoms with Gasteiger partial charge in [-0.05, 0) is 22.5 Å². The highest BCUT2D eigenvalue weighted by Gasteiger charge is 2.50. The van der Waals surface area contributed by atoms with Crippen LogP contribution in [0.5, 0.6) is 0 Å². The zero-order chi connectivity index (χ0) is 18.5. The van der Waals surface area contributed by atoms with Crippen LogP contribution in [-0.4, -0.2) is 39.1 Å². The van der Waals surface area contributed by atoms with E-state index in [1.807, 2.05) is 36.4 Å². The lowest BCUT2D eigenvalue weighted by atomic mass is 10.2. The fraction of sp³-hybridized carbons (Fsp3) is 0.350. The second-order valence-corrected chi connectivity index (χ2v) is 11.5. The summed E-state index contributed by atoms with van der Waals surface area (Å²) < 4.78 is 6.58. The van der Waals surface area contributed by atoms with Crippen molar-refractivity contribution < 1.29 is 14.3 Å². The van der Waals surface area contributed by atoms with Gasteiger partial charge in [0, 0.05) is 0 Å². The molecule has 0 saturated carbocycles. The average molecular weight is 358 g/mol. The standard InChI is InChI=1S/C20H27NO3Si/c1-20(2,3)25(16-11-7-5-8-12-16,17-13-9-6-10-14-17)24-15-18(21-4)19(22)23/h5-14,18,21H,15H2,1-4H3,(H,22,23)/t18-/m0/s1. The van der Waals surface area contributed by atoms with Gasteiger partial charge in [0.1, 0.15) is 6.04 Å². The number of carboxylic acids is 1. The lowest BCUT2D eigenvalue weighted by Crippen LogP contribution is -2.67. The van der Waals surface area contributed by atoms with Crippen molar-refractivity contribution in [2.24, 2.45) is 0 Å². The van der Waals surface area contributed by atoms with Crippen LogP contribution in [0.1, 0.15) is 20.8 Å². The van der Waals surface area contributed by atoms with Crippen LogP contribution in [0.25, 0.3) is 0 Å². The first-order valence-electron chi connectivity index (χ1n) is 8.48. The molecule has 4 nitrogen and oxygen atoms in total. The first-order valence-corrected chi connectivity index (χ1v) is 10.4. The minimum Gasteiger partial charge on any atom is -0.480 e. The molecule has 0 spiro atoms. The number of carboxylic acid groups (broad SMARTS) is 1. The summed E-state index contributed by atoms with van der Waals surface area (Å²) in [6, 6.07) is 19.7. The maximum Gasteiger partial charge on any atom is 0.323 e. The SMILES string of the molecule is CN[C@@H](CO[Si](c1ccccc1)(c1ccccc1)C(C)(C)C)C(=O)O. The van der Waals surface area contributed by atoms with Crippen LogP contribution in [0, 0.1) is 0 Å². The Morgan fingerprint density at radius 1 is 1.04 bits per heavy atom. The molecule has 134 valence electrons. The van der Waals surface area contributed by atoms with Gasteiger partial charge in [-0.2, -0.15) is 0 Å². The van der Waals surface area contributed by atoms with Gasteiger partial charge in [0.25, 0.3) is 8.32 Å². The van der Waals surface area contributed by atoms with E-state index in [0.717, 1.165) is 10.4 Å². The van der Waals surface area contributed by atoms with Gasteiger partial charge in [-0.25, -0.2) is 0 Å². The molecule has 2 rings (SSSR count). The lowest BCUT2D eigenvalue weighted by molar-refractivity contribution is -0.140. The smallest absolute Gasteiger partial charge is 0.323 e. The van der Waals surface area contributed by atoms with Crippen LogP contribution >= 0.6 is 0 Å². The predicted octanol–water partition coefficient (Wildman–Crippen LogP) is 2.24. The van der Waals surface area contributed by atoms with Crippen LogP contribution in [0.2, 0.25) is 5.04 Å². The maximum absolute atomic E-state index is 11.4. The minimum absolute atomic E-state index is 0.124. The molecular formula is C20H27NO3Si. The Balaban J connectivity index is 2.58. The van der Waals surface area contributed by atoms with Gasteiger partial charge < -0.3 is 14.8 Å². The molecule has 25 heavy (non-hydrogen) atoms. The number of aliphatic carboxylic acids is 1. The van der Waals surface area contributed by atoms with Crippen LogP contribution in [-0.2, 0) is 9.22 Å². The van der Waals surface area contributed by atoms with Gasteiger partial charge in [0.05, 0.1) is 6.61 Å². The summed E-state index contributed by atoms with van der Waals surface area (Å²) >= 11 is 0. The van der Waals surface area contributed by atoms with Crippen molar-refractivity contribution in [3.8, 4) is 0 Å². The first kappa shape index (κ1) is 19.4. The van der Waals surface area contributed by atoms with Crippen molar-refractivity contribution in [3.63, 3.8) is 0 Å². The maximum atomic E-state index is 11.4. The van der Waals surface area contributed by atoms with Gasteiger partial charge in [-0.3, -0.25) is 4.79 Å². The zero-order valence-electron chi connectivity index (χ0n) is 15.3. The molecule has 0 aliphatic rings. The summed E-state index contributed by atoms with van der Waals surface area (Å²) in [5.74, 6) is -0.902. The van der Waals surface area contributed by atoms with E-state index >= 15 is 0 Å². The third kappa shape index (κ3) is 4.00. The van der Waals surface area contributed by atoms with E-state index in [4.69, 9.17) is 4.43 Å². The highest BCUT2D eigenvalue weighted by Crippen LogP contribution is 2.36. The second kappa shape index (κ2) is 7.95. The highest BCUT2D eigenvalue weighted by molar-refractivity contribution is 6.99. The van der Waals surface area contributed by atoms with Gasteiger partial charge in [-0.1, -0.05) is 81.4 Å². The van der Waals surface area contributed by atoms with Crippen LogP contribution in [0.3, 0.4) is 0 Å². The van der Waals surface area contributed by atoms with Gasteiger partial charge in [0.15, 0.2) is 0 Å². The largest absolute Gasteiger partial charge is 0.480 e. The summed E-state index contributed by atoms with van der Waals surface area (Å²) in [7, 11) is -1.03. The molecule has 0 aliphatic heterocycles. The van der Waals surface area contributed by atoms with E-state index in [1.54, 1.807) is 7.05 Å². The molecule has 5 heteroatoms. The summed E-state index contributed by atoms with van der Waals surface area (Å²) in [4.78, 5) is 11.4. The van der Waals surface area contributed by atoms with Crippen molar-refractivity contribution in [2.45, 2.75) is 31.9 Å². The zero-order valence-corrected chi connectivity index (χ0v) is 16.3. The van der Waals surface area contributed by atoms with Crippen molar-refractivity contribution >= 4 is 24.7 Å².